The lowest BCUT2D eigenvalue weighted by atomic mass is 10.1. The van der Waals surface area contributed by atoms with E-state index in [-0.39, 0.29) is 37.1 Å². The summed E-state index contributed by atoms with van der Waals surface area (Å²) in [6.07, 6.45) is -0.550. The molecule has 0 saturated carbocycles. The fourth-order valence-corrected chi connectivity index (χ4v) is 4.47. The van der Waals surface area contributed by atoms with Crippen molar-refractivity contribution in [3.8, 4) is 5.75 Å². The van der Waals surface area contributed by atoms with Gasteiger partial charge in [-0.3, -0.25) is 4.79 Å². The van der Waals surface area contributed by atoms with Crippen molar-refractivity contribution >= 4 is 22.6 Å². The molecular weight excluding hydrogens is 433 g/mol. The highest BCUT2D eigenvalue weighted by Gasteiger charge is 2.36. The molecule has 1 saturated heterocycles. The van der Waals surface area contributed by atoms with Crippen molar-refractivity contribution in [2.45, 2.75) is 31.9 Å². The van der Waals surface area contributed by atoms with E-state index >= 15 is 0 Å². The molecule has 0 aliphatic carbocycles. The first-order valence-corrected chi connectivity index (χ1v) is 11.4. The third kappa shape index (κ3) is 4.39. The van der Waals surface area contributed by atoms with E-state index in [1.165, 1.54) is 11.0 Å². The SMILES string of the molecule is Cc1ccc(OC[C@H](O)Cn2c([C@H]3CC(=O)N(c4ccccc4F)C3)nc3ccccc32)cc1. The van der Waals surface area contributed by atoms with E-state index in [0.29, 0.717) is 18.1 Å². The smallest absolute Gasteiger partial charge is 0.227 e. The van der Waals surface area contributed by atoms with Crippen LogP contribution in [0, 0.1) is 12.7 Å². The number of nitrogens with zero attached hydrogens (tertiary/aromatic N) is 3. The molecule has 2 atom stereocenters. The van der Waals surface area contributed by atoms with Crippen molar-refractivity contribution in [3.63, 3.8) is 0 Å². The predicted molar refractivity (Wildman–Crippen MR) is 129 cm³/mol. The molecule has 2 heterocycles. The zero-order valence-corrected chi connectivity index (χ0v) is 18.9. The van der Waals surface area contributed by atoms with Crippen LogP contribution in [-0.2, 0) is 11.3 Å². The number of hydrogen-bond acceptors (Lipinski definition) is 4. The van der Waals surface area contributed by atoms with E-state index in [9.17, 15) is 14.3 Å². The lowest BCUT2D eigenvalue weighted by molar-refractivity contribution is -0.117. The van der Waals surface area contributed by atoms with Crippen molar-refractivity contribution < 1.29 is 19.0 Å². The van der Waals surface area contributed by atoms with Crippen molar-refractivity contribution in [2.24, 2.45) is 0 Å². The minimum Gasteiger partial charge on any atom is -0.491 e. The number of carbonyl (C=O) groups excluding carboxylic acids is 1. The van der Waals surface area contributed by atoms with Gasteiger partial charge in [0.05, 0.1) is 23.3 Å². The van der Waals surface area contributed by atoms with Gasteiger partial charge in [-0.25, -0.2) is 9.37 Å². The van der Waals surface area contributed by atoms with Crippen LogP contribution in [0.5, 0.6) is 5.75 Å². The monoisotopic (exact) mass is 459 g/mol. The fourth-order valence-electron chi connectivity index (χ4n) is 4.47. The van der Waals surface area contributed by atoms with Gasteiger partial charge in [0, 0.05) is 18.9 Å². The van der Waals surface area contributed by atoms with Crippen LogP contribution >= 0.6 is 0 Å². The summed E-state index contributed by atoms with van der Waals surface area (Å²) in [6.45, 7) is 2.73. The molecule has 5 rings (SSSR count). The largest absolute Gasteiger partial charge is 0.491 e. The minimum atomic E-state index is -0.780. The Morgan fingerprint density at radius 2 is 1.82 bits per heavy atom. The first-order valence-electron chi connectivity index (χ1n) is 11.4. The van der Waals surface area contributed by atoms with Crippen LogP contribution in [0.1, 0.15) is 23.7 Å². The maximum Gasteiger partial charge on any atom is 0.227 e. The van der Waals surface area contributed by atoms with Crippen LogP contribution in [0.25, 0.3) is 11.0 Å². The number of aryl methyl sites for hydroxylation is 1. The first-order chi connectivity index (χ1) is 16.5. The minimum absolute atomic E-state index is 0.125. The standard InChI is InChI=1S/C27H26FN3O3/c1-18-10-12-21(13-11-18)34-17-20(32)16-31-25-9-5-3-7-23(25)29-27(31)19-14-26(33)30(15-19)24-8-4-2-6-22(24)28/h2-13,19-20,32H,14-17H2,1H3/t19-,20+/m0/s1. The molecule has 0 radical (unpaired) electrons. The number of amides is 1. The Bertz CT molecular complexity index is 1320. The molecule has 1 fully saturated rings. The number of ether oxygens (including phenoxy) is 1. The quantitative estimate of drug-likeness (QED) is 0.444. The van der Waals surface area contributed by atoms with Gasteiger partial charge in [0.2, 0.25) is 5.91 Å². The van der Waals surface area contributed by atoms with E-state index in [1.807, 2.05) is 60.0 Å². The Morgan fingerprint density at radius 3 is 2.62 bits per heavy atom. The van der Waals surface area contributed by atoms with Crippen LogP contribution in [0.15, 0.2) is 72.8 Å². The molecule has 1 aliphatic rings. The number of halogens is 1. The average molecular weight is 460 g/mol. The number of benzene rings is 3. The molecule has 7 heteroatoms. The average Bonchev–Trinajstić information content (AvgIpc) is 3.39. The lowest BCUT2D eigenvalue weighted by Gasteiger charge is -2.19. The van der Waals surface area contributed by atoms with Crippen LogP contribution in [-0.4, -0.2) is 39.8 Å². The summed E-state index contributed by atoms with van der Waals surface area (Å²) in [5, 5.41) is 10.8. The summed E-state index contributed by atoms with van der Waals surface area (Å²) in [4.78, 5) is 19.1. The second kappa shape index (κ2) is 9.27. The summed E-state index contributed by atoms with van der Waals surface area (Å²) in [6, 6.07) is 21.7. The number of imidazole rings is 1. The number of aliphatic hydroxyl groups is 1. The molecule has 174 valence electrons. The van der Waals surface area contributed by atoms with Gasteiger partial charge in [-0.1, -0.05) is 42.0 Å². The normalized spacial score (nSPS) is 16.9. The Kier molecular flexibility index (Phi) is 6.02. The van der Waals surface area contributed by atoms with Gasteiger partial charge in [0.25, 0.3) is 0 Å². The topological polar surface area (TPSA) is 67.6 Å². The highest BCUT2D eigenvalue weighted by Crippen LogP contribution is 2.34. The molecule has 6 nitrogen and oxygen atoms in total. The van der Waals surface area contributed by atoms with Gasteiger partial charge in [0.15, 0.2) is 0 Å². The maximum atomic E-state index is 14.3. The van der Waals surface area contributed by atoms with Crippen molar-refractivity contribution in [1.29, 1.82) is 0 Å². The molecular formula is C27H26FN3O3. The van der Waals surface area contributed by atoms with Gasteiger partial charge in [-0.2, -0.15) is 0 Å². The van der Waals surface area contributed by atoms with E-state index in [0.717, 1.165) is 16.6 Å². The number of para-hydroxylation sites is 3. The molecule has 0 bridgehead atoms. The van der Waals surface area contributed by atoms with Crippen LogP contribution in [0.3, 0.4) is 0 Å². The lowest BCUT2D eigenvalue weighted by Crippen LogP contribution is -2.27. The zero-order valence-electron chi connectivity index (χ0n) is 18.9. The maximum absolute atomic E-state index is 14.3. The Hall–Kier alpha value is -3.71. The summed E-state index contributed by atoms with van der Waals surface area (Å²) in [5.74, 6) is 0.625. The van der Waals surface area contributed by atoms with Gasteiger partial charge in [-0.05, 0) is 43.3 Å². The van der Waals surface area contributed by atoms with Crippen LogP contribution in [0.4, 0.5) is 10.1 Å². The first kappa shape index (κ1) is 22.1. The molecule has 1 N–H and O–H groups in total. The van der Waals surface area contributed by atoms with E-state index in [4.69, 9.17) is 9.72 Å². The van der Waals surface area contributed by atoms with Crippen molar-refractivity contribution in [1.82, 2.24) is 9.55 Å². The van der Waals surface area contributed by atoms with Crippen LogP contribution in [0.2, 0.25) is 0 Å². The summed E-state index contributed by atoms with van der Waals surface area (Å²) in [7, 11) is 0. The predicted octanol–water partition coefficient (Wildman–Crippen LogP) is 4.44. The van der Waals surface area contributed by atoms with Crippen molar-refractivity contribution in [2.75, 3.05) is 18.1 Å². The highest BCUT2D eigenvalue weighted by atomic mass is 19.1. The van der Waals surface area contributed by atoms with Crippen LogP contribution < -0.4 is 9.64 Å². The molecule has 1 amide bonds. The van der Waals surface area contributed by atoms with Gasteiger partial charge >= 0.3 is 0 Å². The summed E-state index contributed by atoms with van der Waals surface area (Å²) < 4.78 is 22.1. The molecule has 1 aliphatic heterocycles. The Labute approximate surface area is 197 Å². The van der Waals surface area contributed by atoms with Gasteiger partial charge < -0.3 is 19.3 Å². The number of hydrogen-bond donors (Lipinski definition) is 1. The molecule has 0 spiro atoms. The second-order valence-electron chi connectivity index (χ2n) is 8.70. The number of carbonyl (C=O) groups is 1. The Balaban J connectivity index is 1.38. The number of rotatable bonds is 7. The highest BCUT2D eigenvalue weighted by molar-refractivity contribution is 5.96. The number of aromatic nitrogens is 2. The van der Waals surface area contributed by atoms with E-state index in [2.05, 4.69) is 0 Å². The van der Waals surface area contributed by atoms with Gasteiger partial charge in [0.1, 0.15) is 30.1 Å². The second-order valence-corrected chi connectivity index (χ2v) is 8.70. The van der Waals surface area contributed by atoms with Gasteiger partial charge in [-0.15, -0.1) is 0 Å². The summed E-state index contributed by atoms with van der Waals surface area (Å²) >= 11 is 0. The number of aliphatic hydroxyl groups excluding tert-OH is 1. The molecule has 1 aromatic heterocycles. The zero-order chi connectivity index (χ0) is 23.7. The third-order valence-corrected chi connectivity index (χ3v) is 6.17. The van der Waals surface area contributed by atoms with E-state index < -0.39 is 11.9 Å². The Morgan fingerprint density at radius 1 is 1.09 bits per heavy atom. The third-order valence-electron chi connectivity index (χ3n) is 6.17. The number of fused-ring (bicyclic) bond motifs is 1. The summed E-state index contributed by atoms with van der Waals surface area (Å²) in [5.41, 5.74) is 3.09. The molecule has 3 aromatic carbocycles. The van der Waals surface area contributed by atoms with E-state index in [1.54, 1.807) is 18.2 Å². The van der Waals surface area contributed by atoms with Crippen molar-refractivity contribution in [3.05, 3.63) is 90.0 Å². The molecule has 0 unspecified atom stereocenters. The fraction of sp³-hybridized carbons (Fsp3) is 0.259. The molecule has 4 aromatic rings. The molecule has 34 heavy (non-hydrogen) atoms. The number of anilines is 1.